The number of benzene rings is 2. The van der Waals surface area contributed by atoms with Gasteiger partial charge < -0.3 is 0 Å². The van der Waals surface area contributed by atoms with Crippen LogP contribution >= 0.6 is 12.6 Å². The minimum Gasteiger partial charge on any atom is -0.274 e. The molecule has 3 amide bonds. The van der Waals surface area contributed by atoms with E-state index in [0.29, 0.717) is 17.7 Å². The minimum absolute atomic E-state index is 0.0395. The van der Waals surface area contributed by atoms with Gasteiger partial charge in [0.15, 0.2) is 0 Å². The van der Waals surface area contributed by atoms with E-state index in [0.717, 1.165) is 16.2 Å². The number of hydrogen-bond acceptors (Lipinski definition) is 4. The number of carbonyl (C=O) groups is 3. The van der Waals surface area contributed by atoms with E-state index in [2.05, 4.69) is 23.2 Å². The van der Waals surface area contributed by atoms with Crippen molar-refractivity contribution in [3.63, 3.8) is 0 Å². The second-order valence-corrected chi connectivity index (χ2v) is 6.88. The van der Waals surface area contributed by atoms with Gasteiger partial charge in [0.05, 0.1) is 17.8 Å². The first-order chi connectivity index (χ1) is 13.3. The van der Waals surface area contributed by atoms with Crippen molar-refractivity contribution in [2.75, 3.05) is 4.90 Å². The number of hydrogen-bond donors (Lipinski definition) is 2. The Morgan fingerprint density at radius 1 is 1.18 bits per heavy atom. The zero-order chi connectivity index (χ0) is 20.3. The lowest BCUT2D eigenvalue weighted by atomic mass is 9.94. The van der Waals surface area contributed by atoms with Crippen molar-refractivity contribution in [2.24, 2.45) is 11.0 Å². The number of thiol groups is 1. The average Bonchev–Trinajstić information content (AvgIpc) is 2.64. The molecule has 1 aliphatic heterocycles. The molecule has 0 aromatic heterocycles. The van der Waals surface area contributed by atoms with E-state index in [1.807, 2.05) is 6.92 Å². The fraction of sp³-hybridized carbons (Fsp3) is 0.200. The summed E-state index contributed by atoms with van der Waals surface area (Å²) in [4.78, 5) is 36.9. The Balaban J connectivity index is 1.80. The van der Waals surface area contributed by atoms with Crippen molar-refractivity contribution in [1.82, 2.24) is 5.43 Å². The Bertz CT molecular complexity index is 942. The summed E-state index contributed by atoms with van der Waals surface area (Å²) in [5.74, 6) is -1.05. The smallest absolute Gasteiger partial charge is 0.274 e. The number of imide groups is 1. The molecule has 2 aromatic carbocycles. The third-order valence-corrected chi connectivity index (χ3v) is 4.59. The molecule has 144 valence electrons. The first-order valence-corrected chi connectivity index (χ1v) is 9.07. The maximum atomic E-state index is 13.0. The van der Waals surface area contributed by atoms with Crippen LogP contribution in [0.25, 0.3) is 0 Å². The largest absolute Gasteiger partial charge is 0.289 e. The average molecular weight is 399 g/mol. The van der Waals surface area contributed by atoms with Crippen LogP contribution in [0.15, 0.2) is 53.6 Å². The predicted octanol–water partition coefficient (Wildman–Crippen LogP) is 3.31. The summed E-state index contributed by atoms with van der Waals surface area (Å²) in [6, 6.07) is 12.2. The molecule has 8 heteroatoms. The number of hydrazone groups is 1. The summed E-state index contributed by atoms with van der Waals surface area (Å²) in [5, 5.41) is 3.38. The van der Waals surface area contributed by atoms with Gasteiger partial charge in [-0.25, -0.2) is 14.7 Å². The SMILES string of the molecule is CC1CC(=O)NN=C1c1ccc(N(C(=O)S)C(=O)Cc2ccc(F)cc2)cc1. The van der Waals surface area contributed by atoms with Gasteiger partial charge >= 0.3 is 0 Å². The number of rotatable bonds is 4. The molecule has 0 saturated heterocycles. The van der Waals surface area contributed by atoms with E-state index in [9.17, 15) is 18.8 Å². The van der Waals surface area contributed by atoms with Crippen LogP contribution in [0.4, 0.5) is 14.9 Å². The van der Waals surface area contributed by atoms with Crippen molar-refractivity contribution in [3.05, 3.63) is 65.5 Å². The molecule has 28 heavy (non-hydrogen) atoms. The molecule has 0 spiro atoms. The van der Waals surface area contributed by atoms with Crippen LogP contribution in [0.3, 0.4) is 0 Å². The third kappa shape index (κ3) is 4.45. The highest BCUT2D eigenvalue weighted by atomic mass is 32.1. The molecule has 1 atom stereocenters. The van der Waals surface area contributed by atoms with Gasteiger partial charge in [0.2, 0.25) is 11.8 Å². The zero-order valence-corrected chi connectivity index (χ0v) is 15.9. The van der Waals surface area contributed by atoms with Crippen LogP contribution in [0.5, 0.6) is 0 Å². The Kier molecular flexibility index (Phi) is 5.89. The Labute approximate surface area is 166 Å². The zero-order valence-electron chi connectivity index (χ0n) is 15.1. The van der Waals surface area contributed by atoms with Crippen molar-refractivity contribution in [2.45, 2.75) is 19.8 Å². The molecule has 1 N–H and O–H groups in total. The number of nitrogens with one attached hydrogen (secondary N) is 1. The highest BCUT2D eigenvalue weighted by molar-refractivity contribution is 7.97. The number of amides is 3. The van der Waals surface area contributed by atoms with Crippen LogP contribution in [0.1, 0.15) is 24.5 Å². The molecule has 2 aromatic rings. The summed E-state index contributed by atoms with van der Waals surface area (Å²) >= 11 is 3.81. The quantitative estimate of drug-likeness (QED) is 0.775. The molecule has 0 radical (unpaired) electrons. The molecular formula is C20H18FN3O3S. The lowest BCUT2D eigenvalue weighted by molar-refractivity contribution is -0.122. The maximum Gasteiger partial charge on any atom is 0.289 e. The lowest BCUT2D eigenvalue weighted by Gasteiger charge is -2.21. The highest BCUT2D eigenvalue weighted by Crippen LogP contribution is 2.22. The van der Waals surface area contributed by atoms with E-state index < -0.39 is 17.0 Å². The fourth-order valence-corrected chi connectivity index (χ4v) is 3.23. The number of nitrogens with zero attached hydrogens (tertiary/aromatic N) is 2. The Hall–Kier alpha value is -3.00. The van der Waals surface area contributed by atoms with E-state index in [4.69, 9.17) is 0 Å². The first kappa shape index (κ1) is 19.8. The summed E-state index contributed by atoms with van der Waals surface area (Å²) in [6.07, 6.45) is 0.280. The molecule has 0 saturated carbocycles. The molecule has 6 nitrogen and oxygen atoms in total. The topological polar surface area (TPSA) is 78.8 Å². The van der Waals surface area contributed by atoms with Gasteiger partial charge in [-0.1, -0.05) is 43.8 Å². The van der Waals surface area contributed by atoms with Gasteiger partial charge in [0.25, 0.3) is 5.24 Å². The third-order valence-electron chi connectivity index (χ3n) is 4.39. The molecule has 1 aliphatic rings. The maximum absolute atomic E-state index is 13.0. The second-order valence-electron chi connectivity index (χ2n) is 6.50. The molecule has 0 aliphatic carbocycles. The van der Waals surface area contributed by atoms with Crippen molar-refractivity contribution in [1.29, 1.82) is 0 Å². The molecule has 0 bridgehead atoms. The number of halogens is 1. The molecule has 3 rings (SSSR count). The lowest BCUT2D eigenvalue weighted by Crippen LogP contribution is -2.34. The fourth-order valence-electron chi connectivity index (χ4n) is 3.00. The minimum atomic E-state index is -0.712. The molecule has 0 fully saturated rings. The van der Waals surface area contributed by atoms with Crippen molar-refractivity contribution >= 4 is 41.1 Å². The van der Waals surface area contributed by atoms with Crippen LogP contribution in [-0.4, -0.2) is 22.8 Å². The van der Waals surface area contributed by atoms with E-state index in [1.54, 1.807) is 24.3 Å². The molecule has 1 heterocycles. The highest BCUT2D eigenvalue weighted by Gasteiger charge is 2.24. The van der Waals surface area contributed by atoms with E-state index >= 15 is 0 Å². The van der Waals surface area contributed by atoms with Gasteiger partial charge in [-0.15, -0.1) is 0 Å². The summed E-state index contributed by atoms with van der Waals surface area (Å²) in [6.45, 7) is 1.90. The van der Waals surface area contributed by atoms with E-state index in [1.165, 1.54) is 24.3 Å². The van der Waals surface area contributed by atoms with E-state index in [-0.39, 0.29) is 18.2 Å². The van der Waals surface area contributed by atoms with Crippen LogP contribution < -0.4 is 10.3 Å². The standard InChI is InChI=1S/C20H18FN3O3S/c1-12-10-17(25)22-23-19(12)14-4-8-16(9-5-14)24(20(27)28)18(26)11-13-2-6-15(21)7-3-13/h2-9,12H,10-11H2,1H3,(H,22,25)(H,27,28). The number of anilines is 1. The molecular weight excluding hydrogens is 381 g/mol. The van der Waals surface area contributed by atoms with Gasteiger partial charge in [-0.2, -0.15) is 5.10 Å². The monoisotopic (exact) mass is 399 g/mol. The van der Waals surface area contributed by atoms with Crippen LogP contribution in [-0.2, 0) is 16.0 Å². The summed E-state index contributed by atoms with van der Waals surface area (Å²) < 4.78 is 13.0. The normalized spacial score (nSPS) is 16.2. The molecule has 1 unspecified atom stereocenters. The number of carbonyl (C=O) groups excluding carboxylic acids is 3. The van der Waals surface area contributed by atoms with Crippen LogP contribution in [0, 0.1) is 11.7 Å². The van der Waals surface area contributed by atoms with Gasteiger partial charge in [0.1, 0.15) is 5.82 Å². The first-order valence-electron chi connectivity index (χ1n) is 8.62. The van der Waals surface area contributed by atoms with Gasteiger partial charge in [-0.3, -0.25) is 14.4 Å². The van der Waals surface area contributed by atoms with Gasteiger partial charge in [0, 0.05) is 12.3 Å². The predicted molar refractivity (Wildman–Crippen MR) is 107 cm³/mol. The Morgan fingerprint density at radius 2 is 1.82 bits per heavy atom. The summed E-state index contributed by atoms with van der Waals surface area (Å²) in [5.41, 5.74) is 4.92. The van der Waals surface area contributed by atoms with Crippen molar-refractivity contribution in [3.8, 4) is 0 Å². The van der Waals surface area contributed by atoms with Crippen molar-refractivity contribution < 1.29 is 18.8 Å². The summed E-state index contributed by atoms with van der Waals surface area (Å²) in [7, 11) is 0. The van der Waals surface area contributed by atoms with Crippen LogP contribution in [0.2, 0.25) is 0 Å². The second kappa shape index (κ2) is 8.35. The Morgan fingerprint density at radius 3 is 2.39 bits per heavy atom. The van der Waals surface area contributed by atoms with Gasteiger partial charge in [-0.05, 0) is 35.4 Å².